The minimum absolute atomic E-state index is 0.0536. The molecule has 0 aromatic heterocycles. The van der Waals surface area contributed by atoms with Crippen LogP contribution in [0.15, 0.2) is 36.0 Å². The van der Waals surface area contributed by atoms with Gasteiger partial charge in [-0.25, -0.2) is 0 Å². The monoisotopic (exact) mass is 312 g/mol. The summed E-state index contributed by atoms with van der Waals surface area (Å²) < 4.78 is 0. The molecule has 0 spiro atoms. The lowest BCUT2D eigenvalue weighted by Crippen LogP contribution is -2.52. The number of hydrogen-bond acceptors (Lipinski definition) is 2. The predicted octanol–water partition coefficient (Wildman–Crippen LogP) is 4.21. The first-order valence-corrected chi connectivity index (χ1v) is 9.12. The number of hydrogen-bond donors (Lipinski definition) is 1. The van der Waals surface area contributed by atoms with Crippen LogP contribution in [0.2, 0.25) is 0 Å². The Morgan fingerprint density at radius 2 is 1.87 bits per heavy atom. The predicted molar refractivity (Wildman–Crippen MR) is 91.8 cm³/mol. The van der Waals surface area contributed by atoms with Crippen molar-refractivity contribution in [3.05, 3.63) is 36.0 Å². The highest BCUT2D eigenvalue weighted by atomic mass is 16.3. The molecule has 0 aromatic carbocycles. The molecule has 4 aliphatic rings. The van der Waals surface area contributed by atoms with E-state index in [9.17, 15) is 9.90 Å². The highest BCUT2D eigenvalue weighted by Gasteiger charge is 2.59. The summed E-state index contributed by atoms with van der Waals surface area (Å²) in [4.78, 5) is 12.2. The third-order valence-electron chi connectivity index (χ3n) is 8.14. The van der Waals surface area contributed by atoms with Gasteiger partial charge in [-0.05, 0) is 73.3 Å². The Hall–Kier alpha value is -1.15. The number of aliphatic hydroxyl groups is 1. The molecule has 4 aliphatic carbocycles. The molecule has 4 rings (SSSR count). The lowest BCUT2D eigenvalue weighted by atomic mass is 9.46. The molecule has 23 heavy (non-hydrogen) atoms. The minimum atomic E-state index is -0.135. The molecular formula is C21H28O2. The molecule has 0 saturated heterocycles. The van der Waals surface area contributed by atoms with Crippen molar-refractivity contribution in [2.24, 2.45) is 28.6 Å². The van der Waals surface area contributed by atoms with Crippen molar-refractivity contribution in [1.82, 2.24) is 0 Å². The third-order valence-corrected chi connectivity index (χ3v) is 8.14. The molecule has 1 N–H and O–H groups in total. The van der Waals surface area contributed by atoms with E-state index in [1.807, 2.05) is 6.08 Å². The van der Waals surface area contributed by atoms with Gasteiger partial charge >= 0.3 is 0 Å². The fourth-order valence-corrected chi connectivity index (χ4v) is 6.55. The number of ketones is 1. The zero-order chi connectivity index (χ0) is 16.6. The van der Waals surface area contributed by atoms with Gasteiger partial charge in [-0.2, -0.15) is 0 Å². The van der Waals surface area contributed by atoms with Gasteiger partial charge in [-0.3, -0.25) is 4.79 Å². The van der Waals surface area contributed by atoms with Crippen LogP contribution in [-0.4, -0.2) is 17.0 Å². The Morgan fingerprint density at radius 1 is 1.13 bits per heavy atom. The topological polar surface area (TPSA) is 37.3 Å². The van der Waals surface area contributed by atoms with Crippen LogP contribution in [0.4, 0.5) is 0 Å². The van der Waals surface area contributed by atoms with Crippen molar-refractivity contribution in [3.63, 3.8) is 0 Å². The molecule has 3 saturated carbocycles. The maximum absolute atomic E-state index is 12.2. The van der Waals surface area contributed by atoms with Crippen molar-refractivity contribution in [2.45, 2.75) is 58.5 Å². The minimum Gasteiger partial charge on any atom is -0.393 e. The number of carbonyl (C=O) groups excluding carboxylic acids is 1. The first-order chi connectivity index (χ1) is 10.8. The molecule has 0 heterocycles. The van der Waals surface area contributed by atoms with Gasteiger partial charge in [-0.1, -0.05) is 32.6 Å². The van der Waals surface area contributed by atoms with E-state index in [-0.39, 0.29) is 22.7 Å². The summed E-state index contributed by atoms with van der Waals surface area (Å²) in [6.45, 7) is 12.9. The van der Waals surface area contributed by atoms with E-state index < -0.39 is 0 Å². The van der Waals surface area contributed by atoms with Gasteiger partial charge in [0.05, 0.1) is 6.10 Å². The van der Waals surface area contributed by atoms with Crippen molar-refractivity contribution < 1.29 is 9.90 Å². The summed E-state index contributed by atoms with van der Waals surface area (Å²) in [6.07, 6.45) is 8.20. The summed E-state index contributed by atoms with van der Waals surface area (Å²) in [5.41, 5.74) is 2.85. The van der Waals surface area contributed by atoms with E-state index in [0.717, 1.165) is 44.1 Å². The highest BCUT2D eigenvalue weighted by Crippen LogP contribution is 2.66. The Bertz CT molecular complexity index is 642. The molecule has 2 heteroatoms. The molecule has 0 aliphatic heterocycles. The number of fused-ring (bicyclic) bond motifs is 5. The van der Waals surface area contributed by atoms with Gasteiger partial charge in [0.15, 0.2) is 5.78 Å². The second-order valence-corrected chi connectivity index (χ2v) is 8.75. The quantitative estimate of drug-likeness (QED) is 0.680. The van der Waals surface area contributed by atoms with Gasteiger partial charge < -0.3 is 5.11 Å². The van der Waals surface area contributed by atoms with Crippen LogP contribution >= 0.6 is 0 Å². The molecular weight excluding hydrogens is 284 g/mol. The number of carbonyl (C=O) groups is 1. The summed E-state index contributed by atoms with van der Waals surface area (Å²) in [7, 11) is 0. The Labute approximate surface area is 139 Å². The first kappa shape index (κ1) is 15.4. The zero-order valence-corrected chi connectivity index (χ0v) is 14.4. The molecule has 2 nitrogen and oxygen atoms in total. The fourth-order valence-electron chi connectivity index (χ4n) is 6.55. The summed E-state index contributed by atoms with van der Waals surface area (Å²) >= 11 is 0. The van der Waals surface area contributed by atoms with Crippen molar-refractivity contribution >= 4 is 5.78 Å². The van der Waals surface area contributed by atoms with E-state index in [2.05, 4.69) is 27.0 Å². The molecule has 0 radical (unpaired) electrons. The lowest BCUT2D eigenvalue weighted by Gasteiger charge is -2.58. The van der Waals surface area contributed by atoms with Crippen molar-refractivity contribution in [2.75, 3.05) is 0 Å². The Kier molecular flexibility index (Phi) is 3.14. The SMILES string of the molecule is C=C1C(=C)[C@@]2(C)C(=CC1=O)CC[C@@H]1[C@H]2CC[C@]2(C)C(O)CC[C@@H]12. The highest BCUT2D eigenvalue weighted by molar-refractivity contribution is 6.09. The van der Waals surface area contributed by atoms with Gasteiger partial charge in [0.2, 0.25) is 0 Å². The fraction of sp³-hybridized carbons (Fsp3) is 0.667. The molecule has 0 amide bonds. The standard InChI is InChI=1S/C21H28O2/c1-12-13(2)21(4)14(11-18(12)22)5-6-15-16-7-8-19(23)20(16,3)10-9-17(15)21/h11,15-17,19,23H,1-2,5-10H2,3-4H3/t15-,16-,17+,19?,20-,21-/m0/s1. The summed E-state index contributed by atoms with van der Waals surface area (Å²) in [5.74, 6) is 1.86. The van der Waals surface area contributed by atoms with Gasteiger partial charge in [-0.15, -0.1) is 0 Å². The molecule has 1 unspecified atom stereocenters. The number of aliphatic hydroxyl groups excluding tert-OH is 1. The molecule has 124 valence electrons. The van der Waals surface area contributed by atoms with E-state index in [4.69, 9.17) is 0 Å². The van der Waals surface area contributed by atoms with Crippen LogP contribution in [0.3, 0.4) is 0 Å². The van der Waals surface area contributed by atoms with E-state index in [0.29, 0.717) is 23.3 Å². The van der Waals surface area contributed by atoms with E-state index in [1.165, 1.54) is 5.57 Å². The summed E-state index contributed by atoms with van der Waals surface area (Å²) in [5, 5.41) is 10.5. The maximum Gasteiger partial charge on any atom is 0.185 e. The van der Waals surface area contributed by atoms with E-state index in [1.54, 1.807) is 0 Å². The lowest BCUT2D eigenvalue weighted by molar-refractivity contribution is -0.112. The number of rotatable bonds is 0. The van der Waals surface area contributed by atoms with E-state index >= 15 is 0 Å². The van der Waals surface area contributed by atoms with Gasteiger partial charge in [0.25, 0.3) is 0 Å². The zero-order valence-electron chi connectivity index (χ0n) is 14.4. The number of allylic oxidation sites excluding steroid dienone is 3. The smallest absolute Gasteiger partial charge is 0.185 e. The van der Waals surface area contributed by atoms with Crippen LogP contribution in [0.5, 0.6) is 0 Å². The normalized spacial score (nSPS) is 49.3. The summed E-state index contributed by atoms with van der Waals surface area (Å²) in [6, 6.07) is 0. The first-order valence-electron chi connectivity index (χ1n) is 9.12. The van der Waals surface area contributed by atoms with Gasteiger partial charge in [0.1, 0.15) is 0 Å². The van der Waals surface area contributed by atoms with Crippen LogP contribution in [-0.2, 0) is 4.79 Å². The van der Waals surface area contributed by atoms with Gasteiger partial charge in [0, 0.05) is 11.0 Å². The molecule has 0 aromatic rings. The Morgan fingerprint density at radius 3 is 2.61 bits per heavy atom. The Balaban J connectivity index is 1.76. The van der Waals surface area contributed by atoms with Crippen molar-refractivity contribution in [3.8, 4) is 0 Å². The third kappa shape index (κ3) is 1.76. The molecule has 3 fully saturated rings. The van der Waals surface area contributed by atoms with Crippen LogP contribution in [0.25, 0.3) is 0 Å². The second-order valence-electron chi connectivity index (χ2n) is 8.75. The average Bonchev–Trinajstić information content (AvgIpc) is 2.83. The largest absolute Gasteiger partial charge is 0.393 e. The van der Waals surface area contributed by atoms with Crippen molar-refractivity contribution in [1.29, 1.82) is 0 Å². The molecule has 0 bridgehead atoms. The average molecular weight is 312 g/mol. The van der Waals surface area contributed by atoms with Crippen LogP contribution in [0.1, 0.15) is 52.4 Å². The molecule has 6 atom stereocenters. The van der Waals surface area contributed by atoms with Crippen LogP contribution in [0, 0.1) is 28.6 Å². The second kappa shape index (κ2) is 4.69. The van der Waals surface area contributed by atoms with Crippen LogP contribution < -0.4 is 0 Å². The maximum atomic E-state index is 12.2.